The van der Waals surface area contributed by atoms with Gasteiger partial charge in [0.15, 0.2) is 0 Å². The number of carbonyl (C=O) groups is 2. The molecule has 0 saturated carbocycles. The van der Waals surface area contributed by atoms with Crippen molar-refractivity contribution in [3.05, 3.63) is 70.3 Å². The van der Waals surface area contributed by atoms with Gasteiger partial charge < -0.3 is 24.4 Å². The van der Waals surface area contributed by atoms with Crippen LogP contribution < -0.4 is 14.7 Å². The van der Waals surface area contributed by atoms with Gasteiger partial charge in [0.25, 0.3) is 5.91 Å². The molecule has 2 fully saturated rings. The predicted molar refractivity (Wildman–Crippen MR) is 131 cm³/mol. The summed E-state index contributed by atoms with van der Waals surface area (Å²) >= 11 is 0. The number of ether oxygens (including phenoxy) is 2. The van der Waals surface area contributed by atoms with Gasteiger partial charge in [-0.15, -0.1) is 0 Å². The quantitative estimate of drug-likeness (QED) is 0.349. The zero-order chi connectivity index (χ0) is 24.9. The van der Waals surface area contributed by atoms with Crippen molar-refractivity contribution >= 4 is 17.4 Å². The minimum absolute atomic E-state index is 0.0336. The summed E-state index contributed by atoms with van der Waals surface area (Å²) in [6, 6.07) is 12.3. The van der Waals surface area contributed by atoms with Crippen LogP contribution in [0.4, 0.5) is 0 Å². The second-order valence-corrected chi connectivity index (χ2v) is 9.21. The Morgan fingerprint density at radius 1 is 1.14 bits per heavy atom. The number of nitrogens with one attached hydrogen (secondary N) is 1. The molecule has 2 saturated heterocycles. The van der Waals surface area contributed by atoms with Gasteiger partial charge in [-0.25, -0.2) is 0 Å². The summed E-state index contributed by atoms with van der Waals surface area (Å²) in [4.78, 5) is 29.5. The molecule has 0 aliphatic carbocycles. The van der Waals surface area contributed by atoms with E-state index in [4.69, 9.17) is 9.47 Å². The van der Waals surface area contributed by atoms with E-state index in [1.54, 1.807) is 30.2 Å². The molecule has 35 heavy (non-hydrogen) atoms. The molecule has 2 aromatic carbocycles. The van der Waals surface area contributed by atoms with E-state index >= 15 is 0 Å². The highest BCUT2D eigenvalue weighted by atomic mass is 16.5. The molecule has 2 heterocycles. The highest BCUT2D eigenvalue weighted by molar-refractivity contribution is 6.46. The average molecular weight is 479 g/mol. The van der Waals surface area contributed by atoms with Gasteiger partial charge in [-0.2, -0.15) is 0 Å². The molecule has 1 amide bonds. The molecule has 2 aromatic rings. The van der Waals surface area contributed by atoms with Crippen LogP contribution in [0.5, 0.6) is 5.75 Å². The molecule has 0 bridgehead atoms. The van der Waals surface area contributed by atoms with Crippen molar-refractivity contribution in [3.8, 4) is 5.75 Å². The van der Waals surface area contributed by atoms with Crippen molar-refractivity contribution < 1.29 is 29.1 Å². The van der Waals surface area contributed by atoms with Crippen molar-refractivity contribution in [2.75, 3.05) is 46.5 Å². The van der Waals surface area contributed by atoms with Gasteiger partial charge >= 0.3 is 0 Å². The van der Waals surface area contributed by atoms with E-state index in [0.29, 0.717) is 23.4 Å². The van der Waals surface area contributed by atoms with Crippen LogP contribution in [0.3, 0.4) is 0 Å². The van der Waals surface area contributed by atoms with E-state index in [1.807, 2.05) is 31.2 Å². The first-order valence-corrected chi connectivity index (χ1v) is 12.4. The number of likely N-dealkylation sites (tertiary alicyclic amines) is 1. The number of hydrogen-bond acceptors (Lipinski definition) is 5. The first kappa shape index (κ1) is 24.9. The van der Waals surface area contributed by atoms with Crippen LogP contribution in [0, 0.1) is 6.92 Å². The average Bonchev–Trinajstić information content (AvgIpc) is 3.14. The third-order valence-corrected chi connectivity index (χ3v) is 7.04. The fourth-order valence-electron chi connectivity index (χ4n) is 4.96. The van der Waals surface area contributed by atoms with Crippen molar-refractivity contribution in [2.24, 2.45) is 0 Å². The fourth-order valence-corrected chi connectivity index (χ4v) is 4.96. The summed E-state index contributed by atoms with van der Waals surface area (Å²) in [5, 5.41) is 13.7. The molecule has 2 aliphatic rings. The molecule has 2 aliphatic heterocycles. The highest BCUT2D eigenvalue weighted by Crippen LogP contribution is 2.39. The molecule has 0 aromatic heterocycles. The Morgan fingerprint density at radius 2 is 1.86 bits per heavy atom. The Bertz CT molecular complexity index is 1100. The Morgan fingerprint density at radius 3 is 2.49 bits per heavy atom. The lowest BCUT2D eigenvalue weighted by atomic mass is 9.93. The summed E-state index contributed by atoms with van der Waals surface area (Å²) < 4.78 is 10.7. The van der Waals surface area contributed by atoms with E-state index in [2.05, 4.69) is 6.92 Å². The predicted octanol–water partition coefficient (Wildman–Crippen LogP) is 1.10. The maximum atomic E-state index is 13.7. The third-order valence-electron chi connectivity index (χ3n) is 7.04. The van der Waals surface area contributed by atoms with Gasteiger partial charge in [0.05, 0.1) is 32.9 Å². The van der Waals surface area contributed by atoms with E-state index < -0.39 is 23.5 Å². The van der Waals surface area contributed by atoms with Crippen LogP contribution in [-0.4, -0.2) is 63.1 Å². The van der Waals surface area contributed by atoms with Gasteiger partial charge in [0.2, 0.25) is 5.78 Å². The zero-order valence-electron chi connectivity index (χ0n) is 20.8. The summed E-state index contributed by atoms with van der Waals surface area (Å²) in [5.74, 6) is -1.05. The van der Waals surface area contributed by atoms with Crippen LogP contribution in [0.1, 0.15) is 41.6 Å². The van der Waals surface area contributed by atoms with Gasteiger partial charge in [0.1, 0.15) is 18.8 Å². The molecule has 1 N–H and O–H groups in total. The van der Waals surface area contributed by atoms with Gasteiger partial charge in [0, 0.05) is 18.5 Å². The first-order chi connectivity index (χ1) is 16.9. The molecule has 186 valence electrons. The van der Waals surface area contributed by atoms with Gasteiger partial charge in [-0.05, 0) is 47.7 Å². The van der Waals surface area contributed by atoms with Crippen LogP contribution in [-0.2, 0) is 20.7 Å². The lowest BCUT2D eigenvalue weighted by Crippen LogP contribution is -3.14. The maximum Gasteiger partial charge on any atom is 0.295 e. The van der Waals surface area contributed by atoms with Crippen molar-refractivity contribution in [1.82, 2.24) is 4.90 Å². The number of carbonyl (C=O) groups excluding carboxylic acids is 2. The standard InChI is InChI=1S/C28H34N2O5/c1-4-20-6-8-21(9-7-20)25-24(26(31)23-11-10-22(34-3)18-19(23)2)27(32)28(33)30(25)13-5-12-29-14-16-35-17-15-29/h6-11,18,25,31H,4-5,12-17H2,1-3H3/b26-24+. The summed E-state index contributed by atoms with van der Waals surface area (Å²) in [7, 11) is 1.57. The Balaban J connectivity index is 1.70. The Kier molecular flexibility index (Phi) is 7.88. The lowest BCUT2D eigenvalue weighted by molar-refractivity contribution is -0.908. The maximum absolute atomic E-state index is 13.7. The van der Waals surface area contributed by atoms with Crippen LogP contribution in [0.2, 0.25) is 0 Å². The topological polar surface area (TPSA) is 83.3 Å². The number of morpholine rings is 1. The smallest absolute Gasteiger partial charge is 0.295 e. The molecule has 0 radical (unpaired) electrons. The van der Waals surface area contributed by atoms with E-state index in [1.165, 1.54) is 4.90 Å². The summed E-state index contributed by atoms with van der Waals surface area (Å²) in [6.07, 6.45) is 1.64. The Labute approximate surface area is 206 Å². The molecule has 4 rings (SSSR count). The highest BCUT2D eigenvalue weighted by Gasteiger charge is 2.44. The molecule has 1 atom stereocenters. The molecule has 7 nitrogen and oxygen atoms in total. The summed E-state index contributed by atoms with van der Waals surface area (Å²) in [5.41, 5.74) is 3.10. The number of quaternary nitrogens is 1. The molecule has 0 spiro atoms. The van der Waals surface area contributed by atoms with E-state index in [0.717, 1.165) is 56.8 Å². The minimum Gasteiger partial charge on any atom is -0.872 e. The zero-order valence-corrected chi connectivity index (χ0v) is 20.8. The number of aryl methyl sites for hydroxylation is 2. The normalized spacial score (nSPS) is 20.4. The first-order valence-electron chi connectivity index (χ1n) is 12.4. The lowest BCUT2D eigenvalue weighted by Gasteiger charge is -2.29. The number of ketones is 1. The van der Waals surface area contributed by atoms with E-state index in [9.17, 15) is 14.7 Å². The Hall–Kier alpha value is -3.16. The van der Waals surface area contributed by atoms with Gasteiger partial charge in [-0.1, -0.05) is 43.0 Å². The van der Waals surface area contributed by atoms with Crippen LogP contribution in [0.15, 0.2) is 48.0 Å². The van der Waals surface area contributed by atoms with Crippen molar-refractivity contribution in [3.63, 3.8) is 0 Å². The van der Waals surface area contributed by atoms with Crippen molar-refractivity contribution in [1.29, 1.82) is 0 Å². The summed E-state index contributed by atoms with van der Waals surface area (Å²) in [6.45, 7) is 8.59. The van der Waals surface area contributed by atoms with Crippen LogP contribution >= 0.6 is 0 Å². The third kappa shape index (κ3) is 5.26. The number of nitrogens with zero attached hydrogens (tertiary/aromatic N) is 1. The molecular weight excluding hydrogens is 444 g/mol. The minimum atomic E-state index is -0.700. The number of Topliss-reactive ketones (excluding diaryl/α,β-unsaturated/α-hetero) is 1. The monoisotopic (exact) mass is 478 g/mol. The SMILES string of the molecule is CCc1ccc(C2/C(=C(\[O-])c3ccc(OC)cc3C)C(=O)C(=O)N2CCC[NH+]2CCOCC2)cc1. The van der Waals surface area contributed by atoms with Crippen molar-refractivity contribution in [2.45, 2.75) is 32.7 Å². The molecular formula is C28H34N2O5. The number of amides is 1. The molecule has 1 unspecified atom stereocenters. The largest absolute Gasteiger partial charge is 0.872 e. The molecule has 7 heteroatoms. The second kappa shape index (κ2) is 11.1. The number of methoxy groups -OCH3 is 1. The fraction of sp³-hybridized carbons (Fsp3) is 0.429. The van der Waals surface area contributed by atoms with Gasteiger partial charge in [-0.3, -0.25) is 9.59 Å². The van der Waals surface area contributed by atoms with Crippen LogP contribution in [0.25, 0.3) is 5.76 Å². The number of benzene rings is 2. The van der Waals surface area contributed by atoms with E-state index in [-0.39, 0.29) is 5.57 Å². The second-order valence-electron chi connectivity index (χ2n) is 9.21. The number of rotatable bonds is 8. The number of hydrogen-bond donors (Lipinski definition) is 1.